The van der Waals surface area contributed by atoms with E-state index in [0.29, 0.717) is 0 Å². The summed E-state index contributed by atoms with van der Waals surface area (Å²) in [7, 11) is 0. The molecule has 0 saturated carbocycles. The summed E-state index contributed by atoms with van der Waals surface area (Å²) in [6, 6.07) is 18.7. The van der Waals surface area contributed by atoms with E-state index in [1.165, 1.54) is 22.4 Å². The van der Waals surface area contributed by atoms with E-state index in [-0.39, 0.29) is 0 Å². The van der Waals surface area contributed by atoms with E-state index >= 15 is 0 Å². The molecule has 1 heteroatoms. The van der Waals surface area contributed by atoms with Crippen molar-refractivity contribution in [3.8, 4) is 0 Å². The number of rotatable bonds is 1. The van der Waals surface area contributed by atoms with Crippen LogP contribution in [0.1, 0.15) is 5.56 Å². The molecule has 0 bridgehead atoms. The molecule has 3 aromatic rings. The molecule has 16 heavy (non-hydrogen) atoms. The van der Waals surface area contributed by atoms with Gasteiger partial charge in [-0.05, 0) is 39.2 Å². The van der Waals surface area contributed by atoms with E-state index in [2.05, 4.69) is 36.4 Å². The summed E-state index contributed by atoms with van der Waals surface area (Å²) in [5, 5.41) is 12.2. The first-order valence-electron chi connectivity index (χ1n) is 5.30. The monoisotopic (exact) mass is 205 g/mol. The van der Waals surface area contributed by atoms with Crippen molar-refractivity contribution >= 4 is 27.8 Å². The standard InChI is InChI=1S/C15H11N/c16-10-14-7-3-6-13-8-11-4-1-2-5-12(11)9-15(13)14/h1-10,16H. The first-order valence-corrected chi connectivity index (χ1v) is 5.30. The van der Waals surface area contributed by atoms with Crippen LogP contribution in [0, 0.1) is 5.41 Å². The highest BCUT2D eigenvalue weighted by molar-refractivity contribution is 6.05. The SMILES string of the molecule is N=Cc1cccc2cc3ccccc3cc12. The molecule has 0 fully saturated rings. The van der Waals surface area contributed by atoms with Crippen LogP contribution >= 0.6 is 0 Å². The molecule has 0 unspecified atom stereocenters. The molecule has 0 aliphatic carbocycles. The lowest BCUT2D eigenvalue weighted by atomic mass is 10.0. The second kappa shape index (κ2) is 3.46. The number of fused-ring (bicyclic) bond motifs is 2. The summed E-state index contributed by atoms with van der Waals surface area (Å²) in [5.41, 5.74) is 0.975. The first-order chi connectivity index (χ1) is 7.88. The van der Waals surface area contributed by atoms with Gasteiger partial charge in [-0.1, -0.05) is 42.5 Å². The van der Waals surface area contributed by atoms with E-state index < -0.39 is 0 Å². The third-order valence-electron chi connectivity index (χ3n) is 2.94. The topological polar surface area (TPSA) is 23.9 Å². The Kier molecular flexibility index (Phi) is 1.97. The molecule has 1 N–H and O–H groups in total. The van der Waals surface area contributed by atoms with Gasteiger partial charge >= 0.3 is 0 Å². The van der Waals surface area contributed by atoms with Crippen LogP contribution in [0.4, 0.5) is 0 Å². The fourth-order valence-electron chi connectivity index (χ4n) is 2.12. The first kappa shape index (κ1) is 9.10. The zero-order valence-corrected chi connectivity index (χ0v) is 8.77. The van der Waals surface area contributed by atoms with Gasteiger partial charge in [-0.3, -0.25) is 0 Å². The smallest absolute Gasteiger partial charge is 0.0256 e. The maximum absolute atomic E-state index is 7.41. The van der Waals surface area contributed by atoms with Gasteiger partial charge in [0.2, 0.25) is 0 Å². The van der Waals surface area contributed by atoms with Gasteiger partial charge in [0.25, 0.3) is 0 Å². The summed E-state index contributed by atoms with van der Waals surface area (Å²) in [4.78, 5) is 0. The predicted molar refractivity (Wildman–Crippen MR) is 69.3 cm³/mol. The van der Waals surface area contributed by atoms with Gasteiger partial charge in [-0.2, -0.15) is 0 Å². The fourth-order valence-corrected chi connectivity index (χ4v) is 2.12. The summed E-state index contributed by atoms with van der Waals surface area (Å²) in [6.07, 6.45) is 1.41. The summed E-state index contributed by atoms with van der Waals surface area (Å²) in [6.45, 7) is 0. The average molecular weight is 205 g/mol. The number of hydrogen-bond acceptors (Lipinski definition) is 1. The van der Waals surface area contributed by atoms with Crippen molar-refractivity contribution in [1.82, 2.24) is 0 Å². The molecule has 0 aliphatic heterocycles. The second-order valence-corrected chi connectivity index (χ2v) is 3.91. The molecule has 0 aliphatic rings. The van der Waals surface area contributed by atoms with Gasteiger partial charge in [-0.15, -0.1) is 0 Å². The minimum absolute atomic E-state index is 0.975. The van der Waals surface area contributed by atoms with Crippen LogP contribution < -0.4 is 0 Å². The van der Waals surface area contributed by atoms with E-state index in [9.17, 15) is 0 Å². The molecule has 0 heterocycles. The second-order valence-electron chi connectivity index (χ2n) is 3.91. The molecule has 0 amide bonds. The lowest BCUT2D eigenvalue weighted by Crippen LogP contribution is -1.83. The van der Waals surface area contributed by atoms with Crippen LogP contribution in [-0.2, 0) is 0 Å². The molecular weight excluding hydrogens is 194 g/mol. The van der Waals surface area contributed by atoms with Gasteiger partial charge in [0, 0.05) is 6.21 Å². The maximum Gasteiger partial charge on any atom is 0.0256 e. The van der Waals surface area contributed by atoms with Crippen molar-refractivity contribution < 1.29 is 0 Å². The van der Waals surface area contributed by atoms with Gasteiger partial charge in [0.15, 0.2) is 0 Å². The fraction of sp³-hybridized carbons (Fsp3) is 0. The lowest BCUT2D eigenvalue weighted by Gasteiger charge is -2.04. The summed E-state index contributed by atoms with van der Waals surface area (Å²) in [5.74, 6) is 0. The van der Waals surface area contributed by atoms with Crippen LogP contribution in [0.15, 0.2) is 54.6 Å². The average Bonchev–Trinajstić information content (AvgIpc) is 2.35. The predicted octanol–water partition coefficient (Wildman–Crippen LogP) is 3.99. The molecular formula is C15H11N. The number of benzene rings is 3. The van der Waals surface area contributed by atoms with Crippen molar-refractivity contribution in [3.05, 3.63) is 60.2 Å². The van der Waals surface area contributed by atoms with Crippen LogP contribution in [0.2, 0.25) is 0 Å². The highest BCUT2D eigenvalue weighted by atomic mass is 14.3. The van der Waals surface area contributed by atoms with Crippen LogP contribution in [0.5, 0.6) is 0 Å². The zero-order chi connectivity index (χ0) is 11.0. The van der Waals surface area contributed by atoms with Crippen molar-refractivity contribution in [2.75, 3.05) is 0 Å². The largest absolute Gasteiger partial charge is 0.308 e. The molecule has 3 aromatic carbocycles. The zero-order valence-electron chi connectivity index (χ0n) is 8.77. The molecule has 0 saturated heterocycles. The Labute approximate surface area is 93.8 Å². The van der Waals surface area contributed by atoms with E-state index in [4.69, 9.17) is 5.41 Å². The number of hydrogen-bond donors (Lipinski definition) is 1. The Bertz CT molecular complexity index is 683. The minimum atomic E-state index is 0.975. The van der Waals surface area contributed by atoms with Gasteiger partial charge in [-0.25, -0.2) is 0 Å². The van der Waals surface area contributed by atoms with Crippen molar-refractivity contribution in [2.45, 2.75) is 0 Å². The molecule has 3 rings (SSSR count). The van der Waals surface area contributed by atoms with E-state index in [1.807, 2.05) is 18.2 Å². The quantitative estimate of drug-likeness (QED) is 0.459. The lowest BCUT2D eigenvalue weighted by molar-refractivity contribution is 1.56. The molecule has 1 nitrogen and oxygen atoms in total. The number of nitrogens with one attached hydrogen (secondary N) is 1. The van der Waals surface area contributed by atoms with Gasteiger partial charge < -0.3 is 5.41 Å². The van der Waals surface area contributed by atoms with Crippen LogP contribution in [0.3, 0.4) is 0 Å². The van der Waals surface area contributed by atoms with Crippen molar-refractivity contribution in [1.29, 1.82) is 5.41 Å². The third kappa shape index (κ3) is 1.29. The Morgan fingerprint density at radius 3 is 2.19 bits per heavy atom. The molecule has 0 radical (unpaired) electrons. The van der Waals surface area contributed by atoms with E-state index in [0.717, 1.165) is 10.9 Å². The molecule has 0 atom stereocenters. The Morgan fingerprint density at radius 1 is 0.750 bits per heavy atom. The minimum Gasteiger partial charge on any atom is -0.308 e. The molecule has 0 aromatic heterocycles. The molecule has 76 valence electrons. The van der Waals surface area contributed by atoms with Crippen LogP contribution in [-0.4, -0.2) is 6.21 Å². The molecule has 0 spiro atoms. The van der Waals surface area contributed by atoms with Crippen molar-refractivity contribution in [3.63, 3.8) is 0 Å². The normalized spacial score (nSPS) is 10.8. The third-order valence-corrected chi connectivity index (χ3v) is 2.94. The Hall–Kier alpha value is -2.15. The van der Waals surface area contributed by atoms with E-state index in [1.54, 1.807) is 0 Å². The van der Waals surface area contributed by atoms with Gasteiger partial charge in [0.1, 0.15) is 0 Å². The maximum atomic E-state index is 7.41. The van der Waals surface area contributed by atoms with Crippen molar-refractivity contribution in [2.24, 2.45) is 0 Å². The van der Waals surface area contributed by atoms with Crippen LogP contribution in [0.25, 0.3) is 21.5 Å². The Morgan fingerprint density at radius 2 is 1.44 bits per heavy atom. The summed E-state index contributed by atoms with van der Waals surface area (Å²) < 4.78 is 0. The highest BCUT2D eigenvalue weighted by Crippen LogP contribution is 2.24. The highest BCUT2D eigenvalue weighted by Gasteiger charge is 2.00. The Balaban J connectivity index is 2.51. The summed E-state index contributed by atoms with van der Waals surface area (Å²) >= 11 is 0. The van der Waals surface area contributed by atoms with Gasteiger partial charge in [0.05, 0.1) is 0 Å².